The fourth-order valence-corrected chi connectivity index (χ4v) is 3.78. The maximum Gasteiger partial charge on any atom is 0.0123 e. The van der Waals surface area contributed by atoms with Crippen LogP contribution in [-0.2, 0) is 0 Å². The number of rotatable bonds is 7. The van der Waals surface area contributed by atoms with Crippen LogP contribution in [0, 0.1) is 17.8 Å². The SMILES string of the molecule is CCNC(C(CC)CC)C1CCCC(CC)C1. The summed E-state index contributed by atoms with van der Waals surface area (Å²) in [7, 11) is 0. The molecule has 0 aliphatic heterocycles. The van der Waals surface area contributed by atoms with Gasteiger partial charge in [0, 0.05) is 6.04 Å². The quantitative estimate of drug-likeness (QED) is 0.683. The molecule has 0 amide bonds. The van der Waals surface area contributed by atoms with Crippen molar-refractivity contribution >= 4 is 0 Å². The van der Waals surface area contributed by atoms with Crippen molar-refractivity contribution in [2.24, 2.45) is 17.8 Å². The third-order valence-electron chi connectivity index (χ3n) is 4.91. The minimum absolute atomic E-state index is 0.782. The molecule has 1 rings (SSSR count). The van der Waals surface area contributed by atoms with Crippen LogP contribution in [0.3, 0.4) is 0 Å². The van der Waals surface area contributed by atoms with Crippen molar-refractivity contribution in [1.82, 2.24) is 5.32 Å². The predicted octanol–water partition coefficient (Wildman–Crippen LogP) is 4.62. The summed E-state index contributed by atoms with van der Waals surface area (Å²) in [6, 6.07) is 0.782. The van der Waals surface area contributed by atoms with Crippen molar-refractivity contribution in [2.45, 2.75) is 78.7 Å². The Morgan fingerprint density at radius 3 is 2.29 bits per heavy atom. The molecular weight excluding hydrogens is 206 g/mol. The smallest absolute Gasteiger partial charge is 0.0123 e. The Balaban J connectivity index is 2.61. The molecule has 1 aliphatic rings. The Kier molecular flexibility index (Phi) is 7.18. The van der Waals surface area contributed by atoms with Gasteiger partial charge in [0.15, 0.2) is 0 Å². The molecule has 0 bridgehead atoms. The summed E-state index contributed by atoms with van der Waals surface area (Å²) in [6.07, 6.45) is 9.94. The van der Waals surface area contributed by atoms with E-state index < -0.39 is 0 Å². The van der Waals surface area contributed by atoms with Gasteiger partial charge in [-0.05, 0) is 37.1 Å². The Labute approximate surface area is 109 Å². The standard InChI is InChI=1S/C16H33N/c1-5-13-10-9-11-15(12-13)16(17-8-4)14(6-2)7-3/h13-17H,5-12H2,1-4H3. The van der Waals surface area contributed by atoms with Gasteiger partial charge in [-0.15, -0.1) is 0 Å². The number of hydrogen-bond acceptors (Lipinski definition) is 1. The molecule has 3 atom stereocenters. The van der Waals surface area contributed by atoms with Crippen molar-refractivity contribution < 1.29 is 0 Å². The number of hydrogen-bond donors (Lipinski definition) is 1. The fraction of sp³-hybridized carbons (Fsp3) is 1.00. The molecule has 0 saturated heterocycles. The molecule has 0 radical (unpaired) electrons. The highest BCUT2D eigenvalue weighted by Crippen LogP contribution is 2.36. The van der Waals surface area contributed by atoms with Crippen LogP contribution in [0.25, 0.3) is 0 Å². The van der Waals surface area contributed by atoms with E-state index in [1.165, 1.54) is 44.9 Å². The molecule has 0 aromatic heterocycles. The Morgan fingerprint density at radius 2 is 1.76 bits per heavy atom. The lowest BCUT2D eigenvalue weighted by molar-refractivity contribution is 0.163. The van der Waals surface area contributed by atoms with E-state index in [9.17, 15) is 0 Å². The summed E-state index contributed by atoms with van der Waals surface area (Å²) >= 11 is 0. The average Bonchev–Trinajstić information content (AvgIpc) is 2.39. The van der Waals surface area contributed by atoms with Gasteiger partial charge < -0.3 is 5.32 Å². The van der Waals surface area contributed by atoms with E-state index in [2.05, 4.69) is 33.0 Å². The molecule has 1 heteroatoms. The first-order chi connectivity index (χ1) is 8.26. The maximum atomic E-state index is 3.80. The largest absolute Gasteiger partial charge is 0.314 e. The first-order valence-electron chi connectivity index (χ1n) is 8.00. The third-order valence-corrected chi connectivity index (χ3v) is 4.91. The zero-order valence-corrected chi connectivity index (χ0v) is 12.5. The normalized spacial score (nSPS) is 27.4. The molecule has 1 aliphatic carbocycles. The zero-order valence-electron chi connectivity index (χ0n) is 12.5. The van der Waals surface area contributed by atoms with Crippen molar-refractivity contribution in [3.8, 4) is 0 Å². The highest BCUT2D eigenvalue weighted by Gasteiger charge is 2.30. The highest BCUT2D eigenvalue weighted by molar-refractivity contribution is 4.86. The molecule has 0 aromatic carbocycles. The minimum Gasteiger partial charge on any atom is -0.314 e. The molecule has 1 saturated carbocycles. The van der Waals surface area contributed by atoms with Gasteiger partial charge in [0.25, 0.3) is 0 Å². The van der Waals surface area contributed by atoms with Crippen LogP contribution in [0.5, 0.6) is 0 Å². The Bertz CT molecular complexity index is 186. The van der Waals surface area contributed by atoms with E-state index >= 15 is 0 Å². The van der Waals surface area contributed by atoms with Crippen LogP contribution in [0.4, 0.5) is 0 Å². The summed E-state index contributed by atoms with van der Waals surface area (Å²) in [6.45, 7) is 10.5. The highest BCUT2D eigenvalue weighted by atomic mass is 14.9. The lowest BCUT2D eigenvalue weighted by Gasteiger charge is -2.38. The van der Waals surface area contributed by atoms with Gasteiger partial charge in [-0.2, -0.15) is 0 Å². The average molecular weight is 239 g/mol. The molecule has 17 heavy (non-hydrogen) atoms. The van der Waals surface area contributed by atoms with Gasteiger partial charge in [-0.3, -0.25) is 0 Å². The Hall–Kier alpha value is -0.0400. The van der Waals surface area contributed by atoms with Crippen molar-refractivity contribution in [3.05, 3.63) is 0 Å². The van der Waals surface area contributed by atoms with Crippen molar-refractivity contribution in [1.29, 1.82) is 0 Å². The third kappa shape index (κ3) is 4.28. The Morgan fingerprint density at radius 1 is 1.06 bits per heavy atom. The van der Waals surface area contributed by atoms with Gasteiger partial charge in [0.2, 0.25) is 0 Å². The van der Waals surface area contributed by atoms with Gasteiger partial charge in [0.1, 0.15) is 0 Å². The van der Waals surface area contributed by atoms with Crippen LogP contribution in [0.2, 0.25) is 0 Å². The minimum atomic E-state index is 0.782. The van der Waals surface area contributed by atoms with E-state index in [0.717, 1.165) is 30.3 Å². The van der Waals surface area contributed by atoms with Gasteiger partial charge in [-0.1, -0.05) is 59.8 Å². The molecule has 1 fully saturated rings. The van der Waals surface area contributed by atoms with E-state index in [4.69, 9.17) is 0 Å². The zero-order chi connectivity index (χ0) is 12.7. The molecule has 0 spiro atoms. The summed E-state index contributed by atoms with van der Waals surface area (Å²) in [5.41, 5.74) is 0. The summed E-state index contributed by atoms with van der Waals surface area (Å²) in [5.74, 6) is 2.83. The summed E-state index contributed by atoms with van der Waals surface area (Å²) < 4.78 is 0. The predicted molar refractivity (Wildman–Crippen MR) is 77.3 cm³/mol. The molecule has 0 aromatic rings. The maximum absolute atomic E-state index is 3.80. The lowest BCUT2D eigenvalue weighted by atomic mass is 9.72. The molecule has 1 nitrogen and oxygen atoms in total. The fourth-order valence-electron chi connectivity index (χ4n) is 3.78. The molecule has 102 valence electrons. The lowest BCUT2D eigenvalue weighted by Crippen LogP contribution is -2.43. The molecular formula is C16H33N. The van der Waals surface area contributed by atoms with E-state index in [1.807, 2.05) is 0 Å². The number of nitrogens with one attached hydrogen (secondary N) is 1. The first-order valence-corrected chi connectivity index (χ1v) is 8.00. The summed E-state index contributed by atoms with van der Waals surface area (Å²) in [4.78, 5) is 0. The van der Waals surface area contributed by atoms with Crippen LogP contribution in [0.15, 0.2) is 0 Å². The van der Waals surface area contributed by atoms with Crippen LogP contribution < -0.4 is 5.32 Å². The van der Waals surface area contributed by atoms with Gasteiger partial charge in [-0.25, -0.2) is 0 Å². The molecule has 3 unspecified atom stereocenters. The second kappa shape index (κ2) is 8.13. The van der Waals surface area contributed by atoms with E-state index in [-0.39, 0.29) is 0 Å². The second-order valence-electron chi connectivity index (χ2n) is 5.86. The van der Waals surface area contributed by atoms with Crippen LogP contribution in [-0.4, -0.2) is 12.6 Å². The van der Waals surface area contributed by atoms with Gasteiger partial charge >= 0.3 is 0 Å². The van der Waals surface area contributed by atoms with Crippen LogP contribution >= 0.6 is 0 Å². The van der Waals surface area contributed by atoms with Crippen molar-refractivity contribution in [3.63, 3.8) is 0 Å². The van der Waals surface area contributed by atoms with Crippen molar-refractivity contribution in [2.75, 3.05) is 6.54 Å². The second-order valence-corrected chi connectivity index (χ2v) is 5.86. The first kappa shape index (κ1) is 15.0. The molecule has 0 heterocycles. The van der Waals surface area contributed by atoms with E-state index in [0.29, 0.717) is 0 Å². The van der Waals surface area contributed by atoms with Crippen LogP contribution in [0.1, 0.15) is 72.6 Å². The monoisotopic (exact) mass is 239 g/mol. The summed E-state index contributed by atoms with van der Waals surface area (Å²) in [5, 5.41) is 3.80. The molecule has 1 N–H and O–H groups in total. The van der Waals surface area contributed by atoms with Gasteiger partial charge in [0.05, 0.1) is 0 Å². The topological polar surface area (TPSA) is 12.0 Å². The van der Waals surface area contributed by atoms with E-state index in [1.54, 1.807) is 0 Å².